The van der Waals surface area contributed by atoms with Crippen LogP contribution in [-0.4, -0.2) is 27.3 Å². The summed E-state index contributed by atoms with van der Waals surface area (Å²) in [6.07, 6.45) is 4.24. The molecule has 3 aromatic heterocycles. The van der Waals surface area contributed by atoms with E-state index in [1.54, 1.807) is 12.4 Å². The number of pyridine rings is 1. The van der Waals surface area contributed by atoms with Crippen LogP contribution in [0.15, 0.2) is 35.1 Å². The smallest absolute Gasteiger partial charge is 0.397 e. The largest absolute Gasteiger partial charge is 0.413 e. The Bertz CT molecular complexity index is 874. The van der Waals surface area contributed by atoms with Crippen LogP contribution in [-0.2, 0) is 12.8 Å². The number of nitrogens with one attached hydrogen (secondary N) is 1. The second kappa shape index (κ2) is 8.09. The Hall–Kier alpha value is -2.74. The van der Waals surface area contributed by atoms with Gasteiger partial charge in [-0.1, -0.05) is 22.6 Å². The molecule has 0 bridgehead atoms. The van der Waals surface area contributed by atoms with Crippen LogP contribution in [0, 0.1) is 6.92 Å². The number of carbonyl (C=O) groups excluding carboxylic acids is 1. The molecule has 0 aliphatic heterocycles. The second-order valence-electron chi connectivity index (χ2n) is 6.04. The lowest BCUT2D eigenvalue weighted by Gasteiger charge is -2.06. The molecule has 0 aromatic carbocycles. The van der Waals surface area contributed by atoms with Gasteiger partial charge >= 0.3 is 6.09 Å². The fourth-order valence-electron chi connectivity index (χ4n) is 2.43. The highest BCUT2D eigenvalue weighted by atomic mass is 32.1. The average Bonchev–Trinajstić information content (AvgIpc) is 3.19. The first-order chi connectivity index (χ1) is 12.5. The molecular formula is C18H20N4O3S. The minimum atomic E-state index is -0.470. The fraction of sp³-hybridized carbons (Fsp3) is 0.333. The number of carbonyl (C=O) groups is 1. The number of aromatic nitrogens is 3. The molecule has 0 saturated carbocycles. The number of rotatable bonds is 6. The van der Waals surface area contributed by atoms with E-state index in [9.17, 15) is 4.79 Å². The van der Waals surface area contributed by atoms with E-state index in [1.165, 1.54) is 11.3 Å². The van der Waals surface area contributed by atoms with Gasteiger partial charge in [0, 0.05) is 24.2 Å². The zero-order valence-electron chi connectivity index (χ0n) is 14.9. The highest BCUT2D eigenvalue weighted by Crippen LogP contribution is 2.27. The van der Waals surface area contributed by atoms with Crippen molar-refractivity contribution in [2.75, 3.05) is 0 Å². The number of hydrogen-bond acceptors (Lipinski definition) is 7. The van der Waals surface area contributed by atoms with Crippen molar-refractivity contribution >= 4 is 17.4 Å². The lowest BCUT2D eigenvalue weighted by atomic mass is 10.1. The summed E-state index contributed by atoms with van der Waals surface area (Å²) in [5.74, 6) is 0.773. The van der Waals surface area contributed by atoms with Gasteiger partial charge in [0.05, 0.1) is 16.9 Å². The minimum absolute atomic E-state index is 0.0245. The standard InChI is InChI=1S/C18H20N4O3S/c1-11(2)21-18(23)24-16-10-20-15(26-16)8-7-13-12(3)25-22-17(13)14-6-4-5-9-19-14/h4-6,9-11H,7-8H2,1-3H3,(H,21,23). The predicted octanol–water partition coefficient (Wildman–Crippen LogP) is 3.78. The van der Waals surface area contributed by atoms with Gasteiger partial charge in [-0.3, -0.25) is 4.98 Å². The fourth-order valence-corrected chi connectivity index (χ4v) is 3.20. The van der Waals surface area contributed by atoms with E-state index in [0.717, 1.165) is 27.7 Å². The van der Waals surface area contributed by atoms with E-state index in [1.807, 2.05) is 39.0 Å². The number of hydrogen-bond donors (Lipinski definition) is 1. The summed E-state index contributed by atoms with van der Waals surface area (Å²) in [6.45, 7) is 5.64. The van der Waals surface area contributed by atoms with E-state index in [4.69, 9.17) is 9.26 Å². The SMILES string of the molecule is Cc1onc(-c2ccccn2)c1CCc1ncc(OC(=O)NC(C)C)s1. The summed E-state index contributed by atoms with van der Waals surface area (Å²) in [5.41, 5.74) is 2.55. The first-order valence-corrected chi connectivity index (χ1v) is 9.14. The molecule has 0 aliphatic carbocycles. The van der Waals surface area contributed by atoms with Gasteiger partial charge in [0.2, 0.25) is 5.06 Å². The normalized spacial score (nSPS) is 10.9. The van der Waals surface area contributed by atoms with Crippen molar-refractivity contribution in [3.8, 4) is 16.5 Å². The van der Waals surface area contributed by atoms with Crippen molar-refractivity contribution in [1.29, 1.82) is 0 Å². The van der Waals surface area contributed by atoms with Crippen molar-refractivity contribution in [3.05, 3.63) is 46.9 Å². The summed E-state index contributed by atoms with van der Waals surface area (Å²) in [5, 5.41) is 8.17. The zero-order chi connectivity index (χ0) is 18.5. The van der Waals surface area contributed by atoms with Gasteiger partial charge in [0.25, 0.3) is 0 Å². The van der Waals surface area contributed by atoms with E-state index >= 15 is 0 Å². The second-order valence-corrected chi connectivity index (χ2v) is 7.12. The molecule has 26 heavy (non-hydrogen) atoms. The predicted molar refractivity (Wildman–Crippen MR) is 98.3 cm³/mol. The summed E-state index contributed by atoms with van der Waals surface area (Å²) in [4.78, 5) is 20.3. The van der Waals surface area contributed by atoms with Crippen molar-refractivity contribution in [1.82, 2.24) is 20.4 Å². The summed E-state index contributed by atoms with van der Waals surface area (Å²) < 4.78 is 10.6. The number of ether oxygens (including phenoxy) is 1. The van der Waals surface area contributed by atoms with Crippen LogP contribution in [0.25, 0.3) is 11.4 Å². The Balaban J connectivity index is 1.65. The van der Waals surface area contributed by atoms with Crippen molar-refractivity contribution in [2.45, 2.75) is 39.7 Å². The third-order valence-electron chi connectivity index (χ3n) is 3.61. The van der Waals surface area contributed by atoms with Crippen molar-refractivity contribution < 1.29 is 14.1 Å². The topological polar surface area (TPSA) is 90.1 Å². The molecule has 7 nitrogen and oxygen atoms in total. The maximum Gasteiger partial charge on any atom is 0.413 e. The first kappa shape index (κ1) is 18.1. The monoisotopic (exact) mass is 372 g/mol. The molecule has 3 aromatic rings. The van der Waals surface area contributed by atoms with E-state index in [2.05, 4.69) is 20.4 Å². The molecular weight excluding hydrogens is 352 g/mol. The van der Waals surface area contributed by atoms with Gasteiger partial charge in [0.1, 0.15) is 11.5 Å². The highest BCUT2D eigenvalue weighted by Gasteiger charge is 2.16. The Morgan fingerprint density at radius 3 is 2.88 bits per heavy atom. The third kappa shape index (κ3) is 4.45. The summed E-state index contributed by atoms with van der Waals surface area (Å²) >= 11 is 1.36. The minimum Gasteiger partial charge on any atom is -0.397 e. The first-order valence-electron chi connectivity index (χ1n) is 8.32. The molecule has 0 spiro atoms. The van der Waals surface area contributed by atoms with Gasteiger partial charge in [-0.15, -0.1) is 0 Å². The zero-order valence-corrected chi connectivity index (χ0v) is 15.7. The number of thiazole rings is 1. The molecule has 0 aliphatic rings. The van der Waals surface area contributed by atoms with Gasteiger partial charge < -0.3 is 14.6 Å². The van der Waals surface area contributed by atoms with Crippen LogP contribution < -0.4 is 10.1 Å². The molecule has 1 amide bonds. The molecule has 3 rings (SSSR count). The summed E-state index contributed by atoms with van der Waals surface area (Å²) in [7, 11) is 0. The van der Waals surface area contributed by atoms with Crippen LogP contribution in [0.4, 0.5) is 4.79 Å². The molecule has 0 fully saturated rings. The third-order valence-corrected chi connectivity index (χ3v) is 4.55. The quantitative estimate of drug-likeness (QED) is 0.708. The Labute approximate surface area is 155 Å². The molecule has 8 heteroatoms. The van der Waals surface area contributed by atoms with Gasteiger partial charge in [-0.25, -0.2) is 9.78 Å². The summed E-state index contributed by atoms with van der Waals surface area (Å²) in [6, 6.07) is 5.71. The lowest BCUT2D eigenvalue weighted by Crippen LogP contribution is -2.32. The maximum atomic E-state index is 11.6. The van der Waals surface area contributed by atoms with Crippen LogP contribution in [0.2, 0.25) is 0 Å². The molecule has 1 N–H and O–H groups in total. The van der Waals surface area contributed by atoms with Gasteiger partial charge in [-0.2, -0.15) is 0 Å². The van der Waals surface area contributed by atoms with Crippen LogP contribution in [0.3, 0.4) is 0 Å². The Morgan fingerprint density at radius 1 is 1.31 bits per heavy atom. The van der Waals surface area contributed by atoms with E-state index in [-0.39, 0.29) is 6.04 Å². The number of nitrogens with zero attached hydrogens (tertiary/aromatic N) is 3. The Morgan fingerprint density at radius 2 is 2.15 bits per heavy atom. The van der Waals surface area contributed by atoms with E-state index in [0.29, 0.717) is 17.9 Å². The lowest BCUT2D eigenvalue weighted by molar-refractivity contribution is 0.199. The van der Waals surface area contributed by atoms with Crippen molar-refractivity contribution in [2.24, 2.45) is 0 Å². The van der Waals surface area contributed by atoms with Crippen molar-refractivity contribution in [3.63, 3.8) is 0 Å². The molecule has 3 heterocycles. The van der Waals surface area contributed by atoms with Crippen LogP contribution in [0.1, 0.15) is 30.2 Å². The average molecular weight is 372 g/mol. The highest BCUT2D eigenvalue weighted by molar-refractivity contribution is 7.13. The number of aryl methyl sites for hydroxylation is 2. The Kier molecular flexibility index (Phi) is 5.62. The molecule has 0 saturated heterocycles. The maximum absolute atomic E-state index is 11.6. The molecule has 0 radical (unpaired) electrons. The van der Waals surface area contributed by atoms with Gasteiger partial charge in [0.15, 0.2) is 0 Å². The number of amides is 1. The molecule has 0 atom stereocenters. The van der Waals surface area contributed by atoms with Crippen LogP contribution >= 0.6 is 11.3 Å². The molecule has 136 valence electrons. The van der Waals surface area contributed by atoms with Gasteiger partial charge in [-0.05, 0) is 39.3 Å². The van der Waals surface area contributed by atoms with Crippen LogP contribution in [0.5, 0.6) is 5.06 Å². The molecule has 0 unspecified atom stereocenters. The van der Waals surface area contributed by atoms with E-state index < -0.39 is 6.09 Å².